The Morgan fingerprint density at radius 2 is 2.22 bits per heavy atom. The number of nitrogens with zero attached hydrogens (tertiary/aromatic N) is 2. The highest BCUT2D eigenvalue weighted by Crippen LogP contribution is 2.33. The Morgan fingerprint density at radius 1 is 1.28 bits per heavy atom. The molecular formula is C14H15N3O. The molecule has 4 heteroatoms. The summed E-state index contributed by atoms with van der Waals surface area (Å²) in [4.78, 5) is 8.32. The molecule has 0 radical (unpaired) electrons. The van der Waals surface area contributed by atoms with Crippen LogP contribution in [0.1, 0.15) is 29.3 Å². The minimum Gasteiger partial charge on any atom is -0.493 e. The van der Waals surface area contributed by atoms with Gasteiger partial charge in [-0.1, -0.05) is 18.2 Å². The Bertz CT molecular complexity index is 542. The van der Waals surface area contributed by atoms with Crippen molar-refractivity contribution in [2.45, 2.75) is 18.9 Å². The maximum absolute atomic E-state index is 6.26. The molecule has 1 atom stereocenters. The van der Waals surface area contributed by atoms with Crippen molar-refractivity contribution in [3.05, 3.63) is 53.6 Å². The van der Waals surface area contributed by atoms with Crippen LogP contribution in [0.4, 0.5) is 0 Å². The van der Waals surface area contributed by atoms with Gasteiger partial charge in [0.05, 0.1) is 24.5 Å². The monoisotopic (exact) mass is 241 g/mol. The Hall–Kier alpha value is -1.94. The zero-order valence-electron chi connectivity index (χ0n) is 10.0. The van der Waals surface area contributed by atoms with Crippen molar-refractivity contribution < 1.29 is 4.74 Å². The molecule has 2 heterocycles. The van der Waals surface area contributed by atoms with E-state index >= 15 is 0 Å². The molecule has 2 aromatic rings. The second-order valence-electron chi connectivity index (χ2n) is 4.40. The maximum Gasteiger partial charge on any atom is 0.127 e. The second-order valence-corrected chi connectivity index (χ2v) is 4.40. The predicted octanol–water partition coefficient (Wildman–Crippen LogP) is 1.85. The first-order valence-corrected chi connectivity index (χ1v) is 6.12. The van der Waals surface area contributed by atoms with Crippen LogP contribution in [-0.2, 0) is 6.42 Å². The van der Waals surface area contributed by atoms with Gasteiger partial charge in [-0.05, 0) is 18.4 Å². The lowest BCUT2D eigenvalue weighted by Crippen LogP contribution is -2.18. The molecule has 18 heavy (non-hydrogen) atoms. The third-order valence-electron chi connectivity index (χ3n) is 3.20. The van der Waals surface area contributed by atoms with Crippen molar-refractivity contribution in [2.75, 3.05) is 6.61 Å². The van der Waals surface area contributed by atoms with E-state index in [-0.39, 0.29) is 6.04 Å². The Balaban J connectivity index is 2.02. The van der Waals surface area contributed by atoms with Gasteiger partial charge in [0.1, 0.15) is 5.75 Å². The zero-order chi connectivity index (χ0) is 12.4. The van der Waals surface area contributed by atoms with Crippen LogP contribution in [0.5, 0.6) is 5.75 Å². The van der Waals surface area contributed by atoms with Crippen molar-refractivity contribution in [3.63, 3.8) is 0 Å². The lowest BCUT2D eigenvalue weighted by atomic mass is 9.97. The first-order valence-electron chi connectivity index (χ1n) is 6.12. The molecule has 1 aromatic carbocycles. The van der Waals surface area contributed by atoms with Crippen molar-refractivity contribution in [3.8, 4) is 5.75 Å². The topological polar surface area (TPSA) is 61.0 Å². The Morgan fingerprint density at radius 3 is 3.06 bits per heavy atom. The molecule has 2 N–H and O–H groups in total. The Labute approximate surface area is 106 Å². The van der Waals surface area contributed by atoms with Crippen molar-refractivity contribution in [1.29, 1.82) is 0 Å². The van der Waals surface area contributed by atoms with Gasteiger partial charge >= 0.3 is 0 Å². The number of benzene rings is 1. The summed E-state index contributed by atoms with van der Waals surface area (Å²) in [5.41, 5.74) is 9.25. The van der Waals surface area contributed by atoms with E-state index in [0.717, 1.165) is 36.5 Å². The number of fused-ring (bicyclic) bond motifs is 1. The molecule has 1 aliphatic heterocycles. The minimum atomic E-state index is -0.285. The van der Waals surface area contributed by atoms with E-state index in [2.05, 4.69) is 16.0 Å². The molecule has 0 fully saturated rings. The fraction of sp³-hybridized carbons (Fsp3) is 0.286. The summed E-state index contributed by atoms with van der Waals surface area (Å²) < 4.78 is 5.77. The second kappa shape index (κ2) is 4.74. The van der Waals surface area contributed by atoms with E-state index < -0.39 is 0 Å². The number of aromatic nitrogens is 2. The number of nitrogens with two attached hydrogens (primary N) is 1. The van der Waals surface area contributed by atoms with E-state index in [1.165, 1.54) is 5.56 Å². The van der Waals surface area contributed by atoms with Crippen molar-refractivity contribution >= 4 is 0 Å². The zero-order valence-corrected chi connectivity index (χ0v) is 10.0. The van der Waals surface area contributed by atoms with Crippen LogP contribution < -0.4 is 10.5 Å². The largest absolute Gasteiger partial charge is 0.493 e. The van der Waals surface area contributed by atoms with Gasteiger partial charge in [-0.3, -0.25) is 9.97 Å². The summed E-state index contributed by atoms with van der Waals surface area (Å²) >= 11 is 0. The minimum absolute atomic E-state index is 0.285. The van der Waals surface area contributed by atoms with E-state index in [0.29, 0.717) is 0 Å². The van der Waals surface area contributed by atoms with Gasteiger partial charge < -0.3 is 10.5 Å². The van der Waals surface area contributed by atoms with E-state index in [4.69, 9.17) is 10.5 Å². The van der Waals surface area contributed by atoms with E-state index in [9.17, 15) is 0 Å². The number of para-hydroxylation sites is 1. The Kier molecular flexibility index (Phi) is 2.94. The summed E-state index contributed by atoms with van der Waals surface area (Å²) in [5, 5.41) is 0. The molecule has 0 aliphatic carbocycles. The molecular weight excluding hydrogens is 226 g/mol. The van der Waals surface area contributed by atoms with Gasteiger partial charge in [0, 0.05) is 18.0 Å². The van der Waals surface area contributed by atoms with E-state index in [1.54, 1.807) is 18.6 Å². The van der Waals surface area contributed by atoms with Crippen molar-refractivity contribution in [2.24, 2.45) is 5.73 Å². The number of rotatable bonds is 2. The van der Waals surface area contributed by atoms with Crippen molar-refractivity contribution in [1.82, 2.24) is 9.97 Å². The van der Waals surface area contributed by atoms with E-state index in [1.807, 2.05) is 12.1 Å². The highest BCUT2D eigenvalue weighted by Gasteiger charge is 2.20. The number of hydrogen-bond acceptors (Lipinski definition) is 4. The lowest BCUT2D eigenvalue weighted by Gasteiger charge is -2.22. The smallest absolute Gasteiger partial charge is 0.127 e. The molecule has 0 spiro atoms. The summed E-state index contributed by atoms with van der Waals surface area (Å²) in [6.07, 6.45) is 7.12. The first kappa shape index (κ1) is 11.2. The third-order valence-corrected chi connectivity index (χ3v) is 3.20. The quantitative estimate of drug-likeness (QED) is 0.871. The SMILES string of the molecule is NC(c1cnccn1)c1cccc2c1OCCC2. The molecule has 0 amide bonds. The molecule has 0 saturated heterocycles. The normalized spacial score (nSPS) is 15.6. The number of hydrogen-bond donors (Lipinski definition) is 1. The predicted molar refractivity (Wildman–Crippen MR) is 68.3 cm³/mol. The molecule has 1 aliphatic rings. The maximum atomic E-state index is 6.26. The van der Waals surface area contributed by atoms with Crippen LogP contribution in [0.3, 0.4) is 0 Å². The fourth-order valence-electron chi connectivity index (χ4n) is 2.29. The van der Waals surface area contributed by atoms with Crippen LogP contribution >= 0.6 is 0 Å². The van der Waals surface area contributed by atoms with Gasteiger partial charge in [0.15, 0.2) is 0 Å². The lowest BCUT2D eigenvalue weighted by molar-refractivity contribution is 0.284. The van der Waals surface area contributed by atoms with Gasteiger partial charge in [-0.2, -0.15) is 0 Å². The average molecular weight is 241 g/mol. The summed E-state index contributed by atoms with van der Waals surface area (Å²) in [6, 6.07) is 5.84. The summed E-state index contributed by atoms with van der Waals surface area (Å²) in [7, 11) is 0. The number of ether oxygens (including phenoxy) is 1. The molecule has 92 valence electrons. The third kappa shape index (κ3) is 1.95. The standard InChI is InChI=1S/C14H15N3O/c15-13(12-9-16-6-7-17-12)11-5-1-3-10-4-2-8-18-14(10)11/h1,3,5-7,9,13H,2,4,8,15H2. The number of aryl methyl sites for hydroxylation is 1. The van der Waals surface area contributed by atoms with Gasteiger partial charge in [-0.15, -0.1) is 0 Å². The molecule has 4 nitrogen and oxygen atoms in total. The van der Waals surface area contributed by atoms with Crippen LogP contribution in [0, 0.1) is 0 Å². The highest BCUT2D eigenvalue weighted by molar-refractivity contribution is 5.46. The highest BCUT2D eigenvalue weighted by atomic mass is 16.5. The summed E-state index contributed by atoms with van der Waals surface area (Å²) in [5.74, 6) is 0.932. The molecule has 1 aromatic heterocycles. The van der Waals surface area contributed by atoms with Crippen LogP contribution in [0.2, 0.25) is 0 Å². The molecule has 0 saturated carbocycles. The van der Waals surface area contributed by atoms with Gasteiger partial charge in [0.2, 0.25) is 0 Å². The first-order chi connectivity index (χ1) is 8.86. The van der Waals surface area contributed by atoms with Gasteiger partial charge in [0.25, 0.3) is 0 Å². The molecule has 1 unspecified atom stereocenters. The van der Waals surface area contributed by atoms with Crippen LogP contribution in [0.25, 0.3) is 0 Å². The van der Waals surface area contributed by atoms with Crippen LogP contribution in [-0.4, -0.2) is 16.6 Å². The van der Waals surface area contributed by atoms with Gasteiger partial charge in [-0.25, -0.2) is 0 Å². The molecule has 0 bridgehead atoms. The average Bonchev–Trinajstić information content (AvgIpc) is 2.47. The summed E-state index contributed by atoms with van der Waals surface area (Å²) in [6.45, 7) is 0.761. The molecule has 3 rings (SSSR count). The van der Waals surface area contributed by atoms with Crippen LogP contribution in [0.15, 0.2) is 36.8 Å². The fourth-order valence-corrected chi connectivity index (χ4v) is 2.29.